The van der Waals surface area contributed by atoms with Gasteiger partial charge in [-0.25, -0.2) is 4.79 Å². The van der Waals surface area contributed by atoms with Gasteiger partial charge >= 0.3 is 6.09 Å². The van der Waals surface area contributed by atoms with Crippen LogP contribution < -0.4 is 5.32 Å². The van der Waals surface area contributed by atoms with Crippen LogP contribution in [-0.4, -0.2) is 30.6 Å². The van der Waals surface area contributed by atoms with E-state index in [2.05, 4.69) is 10.5 Å². The van der Waals surface area contributed by atoms with Crippen molar-refractivity contribution in [2.24, 2.45) is 5.16 Å². The first-order valence-electron chi connectivity index (χ1n) is 5.87. The van der Waals surface area contributed by atoms with Crippen molar-refractivity contribution in [1.82, 2.24) is 5.32 Å². The maximum atomic E-state index is 11.2. The first-order valence-corrected chi connectivity index (χ1v) is 5.87. The number of hydrogen-bond donors (Lipinski definition) is 1. The molecule has 90 valence electrons. The molecule has 0 aromatic heterocycles. The van der Waals surface area contributed by atoms with Crippen molar-refractivity contribution in [1.29, 1.82) is 0 Å². The monoisotopic (exact) mass is 226 g/mol. The Labute approximate surface area is 95.2 Å². The average molecular weight is 226 g/mol. The second-order valence-corrected chi connectivity index (χ2v) is 4.41. The molecule has 0 aromatic rings. The van der Waals surface area contributed by atoms with Gasteiger partial charge in [0, 0.05) is 18.7 Å². The van der Waals surface area contributed by atoms with Crippen LogP contribution in [0.2, 0.25) is 0 Å². The van der Waals surface area contributed by atoms with Gasteiger partial charge < -0.3 is 14.9 Å². The Hall–Kier alpha value is -1.26. The summed E-state index contributed by atoms with van der Waals surface area (Å²) in [6.07, 6.45) is 6.18. The molecular formula is C11H18N2O3. The molecule has 1 aliphatic carbocycles. The second-order valence-electron chi connectivity index (χ2n) is 4.41. The smallest absolute Gasteiger partial charge is 0.407 e. The highest BCUT2D eigenvalue weighted by Gasteiger charge is 2.39. The Bertz CT molecular complexity index is 273. The number of hydrogen-bond acceptors (Lipinski definition) is 4. The van der Waals surface area contributed by atoms with Crippen molar-refractivity contribution < 1.29 is 14.4 Å². The Morgan fingerprint density at radius 2 is 2.38 bits per heavy atom. The number of carbonyl (C=O) groups is 1. The molecule has 1 saturated carbocycles. The predicted molar refractivity (Wildman–Crippen MR) is 59.3 cm³/mol. The Morgan fingerprint density at radius 1 is 1.62 bits per heavy atom. The molecule has 0 unspecified atom stereocenters. The molecule has 16 heavy (non-hydrogen) atoms. The summed E-state index contributed by atoms with van der Waals surface area (Å²) in [5.41, 5.74) is -0.0765. The highest BCUT2D eigenvalue weighted by Crippen LogP contribution is 2.36. The Kier molecular flexibility index (Phi) is 3.31. The SMILES string of the molecule is CCOC(=O)NC1CCC2(CC=NO2)CC1. The summed E-state index contributed by atoms with van der Waals surface area (Å²) in [7, 11) is 0. The zero-order valence-corrected chi connectivity index (χ0v) is 9.57. The zero-order valence-electron chi connectivity index (χ0n) is 9.57. The molecular weight excluding hydrogens is 208 g/mol. The van der Waals surface area contributed by atoms with Gasteiger partial charge in [0.1, 0.15) is 5.60 Å². The summed E-state index contributed by atoms with van der Waals surface area (Å²) >= 11 is 0. The van der Waals surface area contributed by atoms with Crippen molar-refractivity contribution >= 4 is 12.3 Å². The van der Waals surface area contributed by atoms with E-state index >= 15 is 0 Å². The third-order valence-electron chi connectivity index (χ3n) is 3.28. The van der Waals surface area contributed by atoms with Crippen LogP contribution in [0.1, 0.15) is 39.0 Å². The van der Waals surface area contributed by atoms with Crippen LogP contribution in [0.3, 0.4) is 0 Å². The van der Waals surface area contributed by atoms with E-state index in [1.165, 1.54) is 0 Å². The van der Waals surface area contributed by atoms with Crippen LogP contribution in [0.15, 0.2) is 5.16 Å². The third-order valence-corrected chi connectivity index (χ3v) is 3.28. The van der Waals surface area contributed by atoms with E-state index in [1.807, 2.05) is 6.21 Å². The Balaban J connectivity index is 1.75. The predicted octanol–water partition coefficient (Wildman–Crippen LogP) is 1.82. The van der Waals surface area contributed by atoms with Gasteiger partial charge in [-0.1, -0.05) is 5.16 Å². The zero-order chi connectivity index (χ0) is 11.4. The lowest BCUT2D eigenvalue weighted by Gasteiger charge is -2.34. The fraction of sp³-hybridized carbons (Fsp3) is 0.818. The molecule has 5 nitrogen and oxygen atoms in total. The minimum absolute atomic E-state index is 0.0765. The van der Waals surface area contributed by atoms with Crippen LogP contribution in [0.25, 0.3) is 0 Å². The van der Waals surface area contributed by atoms with Crippen molar-refractivity contribution in [2.75, 3.05) is 6.61 Å². The maximum Gasteiger partial charge on any atom is 0.407 e. The standard InChI is InChI=1S/C11H18N2O3/c1-2-15-10(14)13-9-3-5-11(6-4-9)7-8-12-16-11/h8-9H,2-7H2,1H3,(H,13,14). The first-order chi connectivity index (χ1) is 7.74. The molecule has 1 fully saturated rings. The van der Waals surface area contributed by atoms with Gasteiger partial charge in [0.15, 0.2) is 0 Å². The lowest BCUT2D eigenvalue weighted by Crippen LogP contribution is -2.43. The van der Waals surface area contributed by atoms with E-state index in [4.69, 9.17) is 9.57 Å². The van der Waals surface area contributed by atoms with Crippen LogP contribution >= 0.6 is 0 Å². The van der Waals surface area contributed by atoms with E-state index in [0.717, 1.165) is 32.1 Å². The topological polar surface area (TPSA) is 59.9 Å². The highest BCUT2D eigenvalue weighted by atomic mass is 16.7. The minimum atomic E-state index is -0.313. The van der Waals surface area contributed by atoms with Crippen LogP contribution in [0.5, 0.6) is 0 Å². The van der Waals surface area contributed by atoms with Crippen LogP contribution in [-0.2, 0) is 9.57 Å². The van der Waals surface area contributed by atoms with Crippen LogP contribution in [0, 0.1) is 0 Å². The molecule has 5 heteroatoms. The van der Waals surface area contributed by atoms with Crippen LogP contribution in [0.4, 0.5) is 4.79 Å². The number of nitrogens with one attached hydrogen (secondary N) is 1. The van der Waals surface area contributed by atoms with Crippen molar-refractivity contribution in [3.63, 3.8) is 0 Å². The van der Waals surface area contributed by atoms with Crippen molar-refractivity contribution in [3.05, 3.63) is 0 Å². The van der Waals surface area contributed by atoms with E-state index < -0.39 is 0 Å². The summed E-state index contributed by atoms with van der Waals surface area (Å²) in [6, 6.07) is 0.217. The van der Waals surface area contributed by atoms with E-state index in [1.54, 1.807) is 6.92 Å². The highest BCUT2D eigenvalue weighted by molar-refractivity contribution is 5.67. The number of ether oxygens (including phenoxy) is 1. The van der Waals surface area contributed by atoms with E-state index in [-0.39, 0.29) is 17.7 Å². The molecule has 1 heterocycles. The van der Waals surface area contributed by atoms with E-state index in [0.29, 0.717) is 6.61 Å². The summed E-state index contributed by atoms with van der Waals surface area (Å²) in [5.74, 6) is 0. The van der Waals surface area contributed by atoms with Gasteiger partial charge in [-0.15, -0.1) is 0 Å². The van der Waals surface area contributed by atoms with Gasteiger partial charge in [-0.2, -0.15) is 0 Å². The van der Waals surface area contributed by atoms with Gasteiger partial charge in [-0.05, 0) is 32.6 Å². The molecule has 1 aliphatic heterocycles. The maximum absolute atomic E-state index is 11.2. The normalized spacial score (nSPS) is 32.4. The molecule has 0 atom stereocenters. The summed E-state index contributed by atoms with van der Waals surface area (Å²) < 4.78 is 4.86. The van der Waals surface area contributed by atoms with Gasteiger partial charge in [-0.3, -0.25) is 0 Å². The summed E-state index contributed by atoms with van der Waals surface area (Å²) in [4.78, 5) is 16.6. The molecule has 1 N–H and O–H groups in total. The van der Waals surface area contributed by atoms with Crippen molar-refractivity contribution in [3.8, 4) is 0 Å². The Morgan fingerprint density at radius 3 is 2.94 bits per heavy atom. The molecule has 1 amide bonds. The van der Waals surface area contributed by atoms with E-state index in [9.17, 15) is 4.79 Å². The average Bonchev–Trinajstić information content (AvgIpc) is 2.71. The number of amides is 1. The molecule has 1 spiro atoms. The number of alkyl carbamates (subject to hydrolysis) is 1. The number of nitrogens with zero attached hydrogens (tertiary/aromatic N) is 1. The first kappa shape index (κ1) is 11.2. The number of oxime groups is 1. The molecule has 2 aliphatic rings. The lowest BCUT2D eigenvalue weighted by molar-refractivity contribution is -0.0498. The van der Waals surface area contributed by atoms with Gasteiger partial charge in [0.25, 0.3) is 0 Å². The molecule has 0 bridgehead atoms. The fourth-order valence-electron chi connectivity index (χ4n) is 2.31. The molecule has 0 radical (unpaired) electrons. The van der Waals surface area contributed by atoms with Gasteiger partial charge in [0.05, 0.1) is 6.61 Å². The largest absolute Gasteiger partial charge is 0.450 e. The quantitative estimate of drug-likeness (QED) is 0.781. The molecule has 0 saturated heterocycles. The molecule has 2 rings (SSSR count). The fourth-order valence-corrected chi connectivity index (χ4v) is 2.31. The summed E-state index contributed by atoms with van der Waals surface area (Å²) in [6.45, 7) is 2.22. The number of rotatable bonds is 2. The van der Waals surface area contributed by atoms with Crippen molar-refractivity contribution in [2.45, 2.75) is 50.7 Å². The van der Waals surface area contributed by atoms with Gasteiger partial charge in [0.2, 0.25) is 0 Å². The minimum Gasteiger partial charge on any atom is -0.450 e. The lowest BCUT2D eigenvalue weighted by atomic mass is 9.81. The third kappa shape index (κ3) is 2.46. The molecule has 0 aromatic carbocycles. The second kappa shape index (κ2) is 4.72. The summed E-state index contributed by atoms with van der Waals surface area (Å²) in [5, 5.41) is 6.71. The number of carbonyl (C=O) groups excluding carboxylic acids is 1.